The van der Waals surface area contributed by atoms with Crippen molar-refractivity contribution in [2.75, 3.05) is 5.75 Å². The quantitative estimate of drug-likeness (QED) is 0.845. The number of aromatic nitrogens is 1. The molecule has 1 rings (SSSR count). The van der Waals surface area contributed by atoms with Crippen LogP contribution in [-0.4, -0.2) is 15.3 Å². The van der Waals surface area contributed by atoms with Crippen LogP contribution >= 0.6 is 0 Å². The fraction of sp³-hybridized carbons (Fsp3) is 0.500. The van der Waals surface area contributed by atoms with E-state index in [2.05, 4.69) is 16.3 Å². The Bertz CT molecular complexity index is 446. The van der Waals surface area contributed by atoms with Crippen LogP contribution in [0, 0.1) is 11.2 Å². The summed E-state index contributed by atoms with van der Waals surface area (Å²) in [6.45, 7) is 11.4. The zero-order chi connectivity index (χ0) is 14.6. The minimum atomic E-state index is -1.22. The fourth-order valence-electron chi connectivity index (χ4n) is 1.58. The minimum absolute atomic E-state index is 0.0491. The molecule has 19 heavy (non-hydrogen) atoms. The lowest BCUT2D eigenvalue weighted by molar-refractivity contribution is 0.453. The molecule has 2 unspecified atom stereocenters. The first kappa shape index (κ1) is 16.1. The van der Waals surface area contributed by atoms with Crippen molar-refractivity contribution in [2.24, 2.45) is 5.41 Å². The molecule has 106 valence electrons. The number of halogens is 1. The van der Waals surface area contributed by atoms with Crippen LogP contribution in [0.1, 0.15) is 45.1 Å². The lowest BCUT2D eigenvalue weighted by Gasteiger charge is -2.23. The molecular weight excluding hydrogens is 263 g/mol. The lowest BCUT2D eigenvalue weighted by Crippen LogP contribution is -2.34. The van der Waals surface area contributed by atoms with Gasteiger partial charge in [0.25, 0.3) is 0 Å². The zero-order valence-corrected chi connectivity index (χ0v) is 12.7. The standard InChI is InChI=1S/C14H21FN2OS/c1-6-11-7-8-12(15)13(16-11)10(2)17-19(18)9-14(3,4)5/h6-8,10,17H,1,9H2,2-5H3. The SMILES string of the molecule is C=Cc1ccc(F)c(C(C)N[S+]([O-])CC(C)(C)C)n1. The van der Waals surface area contributed by atoms with E-state index < -0.39 is 23.2 Å². The van der Waals surface area contributed by atoms with Gasteiger partial charge in [0.15, 0.2) is 0 Å². The van der Waals surface area contributed by atoms with Gasteiger partial charge in [-0.2, -0.15) is 0 Å². The van der Waals surface area contributed by atoms with Crippen molar-refractivity contribution in [3.8, 4) is 0 Å². The highest BCUT2D eigenvalue weighted by atomic mass is 32.2. The van der Waals surface area contributed by atoms with E-state index in [-0.39, 0.29) is 11.1 Å². The Morgan fingerprint density at radius 2 is 2.16 bits per heavy atom. The molecule has 1 heterocycles. The summed E-state index contributed by atoms with van der Waals surface area (Å²) < 4.78 is 28.5. The zero-order valence-electron chi connectivity index (χ0n) is 11.9. The largest absolute Gasteiger partial charge is 0.598 e. The first-order valence-electron chi connectivity index (χ1n) is 6.16. The molecule has 0 saturated heterocycles. The predicted octanol–water partition coefficient (Wildman–Crippen LogP) is 3.22. The molecule has 2 atom stereocenters. The van der Waals surface area contributed by atoms with Gasteiger partial charge < -0.3 is 4.55 Å². The van der Waals surface area contributed by atoms with Crippen LogP contribution in [0.15, 0.2) is 18.7 Å². The van der Waals surface area contributed by atoms with Gasteiger partial charge in [0, 0.05) is 16.8 Å². The van der Waals surface area contributed by atoms with Crippen LogP contribution in [0.2, 0.25) is 0 Å². The first-order valence-corrected chi connectivity index (χ1v) is 7.48. The lowest BCUT2D eigenvalue weighted by atomic mass is 10.0. The topological polar surface area (TPSA) is 48.0 Å². The molecule has 0 spiro atoms. The summed E-state index contributed by atoms with van der Waals surface area (Å²) in [4.78, 5) is 4.15. The van der Waals surface area contributed by atoms with E-state index >= 15 is 0 Å². The third-order valence-electron chi connectivity index (χ3n) is 2.39. The van der Waals surface area contributed by atoms with Gasteiger partial charge in [-0.25, -0.2) is 9.37 Å². The molecule has 0 aromatic carbocycles. The molecule has 3 nitrogen and oxygen atoms in total. The maximum absolute atomic E-state index is 13.7. The molecule has 1 N–H and O–H groups in total. The third kappa shape index (κ3) is 5.30. The third-order valence-corrected chi connectivity index (χ3v) is 4.13. The minimum Gasteiger partial charge on any atom is -0.598 e. The van der Waals surface area contributed by atoms with Gasteiger partial charge in [-0.1, -0.05) is 27.4 Å². The fourth-order valence-corrected chi connectivity index (χ4v) is 2.95. The molecule has 1 aromatic heterocycles. The van der Waals surface area contributed by atoms with Gasteiger partial charge in [0.05, 0.1) is 17.4 Å². The van der Waals surface area contributed by atoms with Gasteiger partial charge in [-0.3, -0.25) is 0 Å². The average Bonchev–Trinajstić information content (AvgIpc) is 2.26. The number of nitrogens with zero attached hydrogens (tertiary/aromatic N) is 1. The molecule has 0 bridgehead atoms. The number of nitrogens with one attached hydrogen (secondary N) is 1. The summed E-state index contributed by atoms with van der Waals surface area (Å²) in [7, 11) is 0. The van der Waals surface area contributed by atoms with Crippen molar-refractivity contribution >= 4 is 17.4 Å². The molecule has 0 aliphatic heterocycles. The van der Waals surface area contributed by atoms with Crippen LogP contribution in [0.3, 0.4) is 0 Å². The van der Waals surface area contributed by atoms with Crippen molar-refractivity contribution < 1.29 is 8.94 Å². The van der Waals surface area contributed by atoms with E-state index in [0.717, 1.165) is 0 Å². The van der Waals surface area contributed by atoms with E-state index in [1.807, 2.05) is 20.8 Å². The summed E-state index contributed by atoms with van der Waals surface area (Å²) in [5, 5.41) is 0. The highest BCUT2D eigenvalue weighted by Gasteiger charge is 2.24. The molecular formula is C14H21FN2OS. The highest BCUT2D eigenvalue weighted by Crippen LogP contribution is 2.20. The van der Waals surface area contributed by atoms with E-state index in [1.165, 1.54) is 6.07 Å². The van der Waals surface area contributed by atoms with E-state index in [1.54, 1.807) is 19.1 Å². The number of rotatable bonds is 5. The highest BCUT2D eigenvalue weighted by molar-refractivity contribution is 7.89. The van der Waals surface area contributed by atoms with Crippen molar-refractivity contribution in [2.45, 2.75) is 33.7 Å². The predicted molar refractivity (Wildman–Crippen MR) is 78.3 cm³/mol. The van der Waals surface area contributed by atoms with Gasteiger partial charge >= 0.3 is 0 Å². The second kappa shape index (κ2) is 6.50. The molecule has 0 radical (unpaired) electrons. The van der Waals surface area contributed by atoms with Crippen molar-refractivity contribution in [3.05, 3.63) is 35.9 Å². The van der Waals surface area contributed by atoms with Crippen LogP contribution in [-0.2, 0) is 11.4 Å². The normalized spacial score (nSPS) is 15.1. The van der Waals surface area contributed by atoms with Gasteiger partial charge in [0.1, 0.15) is 11.6 Å². The van der Waals surface area contributed by atoms with Crippen molar-refractivity contribution in [3.63, 3.8) is 0 Å². The second-order valence-electron chi connectivity index (χ2n) is 5.70. The molecule has 0 aliphatic carbocycles. The summed E-state index contributed by atoms with van der Waals surface area (Å²) >= 11 is -1.22. The summed E-state index contributed by atoms with van der Waals surface area (Å²) in [6, 6.07) is 2.50. The van der Waals surface area contributed by atoms with E-state index in [4.69, 9.17) is 0 Å². The van der Waals surface area contributed by atoms with Crippen molar-refractivity contribution in [1.82, 2.24) is 9.71 Å². The Labute approximate surface area is 117 Å². The Kier molecular flexibility index (Phi) is 5.52. The van der Waals surface area contributed by atoms with Crippen LogP contribution in [0.25, 0.3) is 6.08 Å². The molecule has 0 fully saturated rings. The van der Waals surface area contributed by atoms with E-state index in [9.17, 15) is 8.94 Å². The van der Waals surface area contributed by atoms with Crippen LogP contribution in [0.4, 0.5) is 4.39 Å². The smallest absolute Gasteiger partial charge is 0.146 e. The maximum Gasteiger partial charge on any atom is 0.146 e. The second-order valence-corrected chi connectivity index (χ2v) is 6.91. The summed E-state index contributed by atoms with van der Waals surface area (Å²) in [6.07, 6.45) is 1.56. The molecule has 1 aromatic rings. The van der Waals surface area contributed by atoms with Crippen LogP contribution in [0.5, 0.6) is 0 Å². The van der Waals surface area contributed by atoms with Crippen molar-refractivity contribution in [1.29, 1.82) is 0 Å². The molecule has 0 amide bonds. The number of pyridine rings is 1. The van der Waals surface area contributed by atoms with Gasteiger partial charge in [-0.15, -0.1) is 4.72 Å². The van der Waals surface area contributed by atoms with Crippen LogP contribution < -0.4 is 4.72 Å². The Hall–Kier alpha value is -0.910. The average molecular weight is 284 g/mol. The van der Waals surface area contributed by atoms with Gasteiger partial charge in [0.2, 0.25) is 0 Å². The Morgan fingerprint density at radius 1 is 1.53 bits per heavy atom. The number of hydrogen-bond acceptors (Lipinski definition) is 3. The van der Waals surface area contributed by atoms with Gasteiger partial charge in [-0.05, 0) is 25.1 Å². The molecule has 5 heteroatoms. The Balaban J connectivity index is 2.77. The summed E-state index contributed by atoms with van der Waals surface area (Å²) in [5.74, 6) is 0.0958. The molecule has 0 aliphatic rings. The monoisotopic (exact) mass is 284 g/mol. The Morgan fingerprint density at radius 3 is 2.68 bits per heavy atom. The molecule has 0 saturated carbocycles. The first-order chi connectivity index (χ1) is 8.73. The van der Waals surface area contributed by atoms with E-state index in [0.29, 0.717) is 11.4 Å². The maximum atomic E-state index is 13.7. The number of hydrogen-bond donors (Lipinski definition) is 1. The summed E-state index contributed by atoms with van der Waals surface area (Å²) in [5.41, 5.74) is 0.818.